The molecule has 2 heterocycles. The molecule has 0 saturated carbocycles. The summed E-state index contributed by atoms with van der Waals surface area (Å²) in [5.74, 6) is 0.990. The SMILES string of the molecule is COc1ccc(C(CNC(=O)C2CCCCN2)c2c[nH]c3ccccc23)cc1. The predicted octanol–water partition coefficient (Wildman–Crippen LogP) is 3.57. The third-order valence-corrected chi connectivity index (χ3v) is 5.62. The fourth-order valence-corrected chi connectivity index (χ4v) is 4.03. The summed E-state index contributed by atoms with van der Waals surface area (Å²) in [6.07, 6.45) is 5.22. The van der Waals surface area contributed by atoms with Crippen LogP contribution < -0.4 is 15.4 Å². The van der Waals surface area contributed by atoms with Gasteiger partial charge in [0.25, 0.3) is 0 Å². The molecule has 4 rings (SSSR count). The van der Waals surface area contributed by atoms with Gasteiger partial charge in [-0.1, -0.05) is 36.8 Å². The van der Waals surface area contributed by atoms with Crippen molar-refractivity contribution in [2.75, 3.05) is 20.2 Å². The molecular formula is C23H27N3O2. The van der Waals surface area contributed by atoms with Gasteiger partial charge in [-0.15, -0.1) is 0 Å². The lowest BCUT2D eigenvalue weighted by Gasteiger charge is -2.24. The Bertz CT molecular complexity index is 926. The van der Waals surface area contributed by atoms with Crippen LogP contribution in [-0.4, -0.2) is 37.1 Å². The molecule has 5 heteroatoms. The van der Waals surface area contributed by atoms with Gasteiger partial charge < -0.3 is 20.4 Å². The van der Waals surface area contributed by atoms with E-state index in [0.29, 0.717) is 6.54 Å². The van der Waals surface area contributed by atoms with Gasteiger partial charge >= 0.3 is 0 Å². The van der Waals surface area contributed by atoms with Gasteiger partial charge in [0, 0.05) is 29.6 Å². The fraction of sp³-hybridized carbons (Fsp3) is 0.348. The van der Waals surface area contributed by atoms with Crippen LogP contribution in [0.4, 0.5) is 0 Å². The first-order valence-corrected chi connectivity index (χ1v) is 9.97. The molecule has 2 unspecified atom stereocenters. The van der Waals surface area contributed by atoms with E-state index in [9.17, 15) is 4.79 Å². The number of hydrogen-bond acceptors (Lipinski definition) is 3. The van der Waals surface area contributed by atoms with Crippen LogP contribution in [0, 0.1) is 0 Å². The summed E-state index contributed by atoms with van der Waals surface area (Å²) in [7, 11) is 1.67. The number of aromatic amines is 1. The number of methoxy groups -OCH3 is 1. The number of aromatic nitrogens is 1. The first-order valence-electron chi connectivity index (χ1n) is 9.97. The van der Waals surface area contributed by atoms with E-state index in [1.165, 1.54) is 10.9 Å². The van der Waals surface area contributed by atoms with Gasteiger partial charge in [0.1, 0.15) is 5.75 Å². The smallest absolute Gasteiger partial charge is 0.237 e. The molecule has 0 aliphatic carbocycles. The van der Waals surface area contributed by atoms with E-state index >= 15 is 0 Å². The highest BCUT2D eigenvalue weighted by Crippen LogP contribution is 2.31. The van der Waals surface area contributed by atoms with Gasteiger partial charge in [-0.25, -0.2) is 0 Å². The number of piperidine rings is 1. The Balaban J connectivity index is 1.60. The van der Waals surface area contributed by atoms with Crippen molar-refractivity contribution >= 4 is 16.8 Å². The first-order chi connectivity index (χ1) is 13.8. The van der Waals surface area contributed by atoms with Crippen molar-refractivity contribution < 1.29 is 9.53 Å². The minimum Gasteiger partial charge on any atom is -0.497 e. The van der Waals surface area contributed by atoms with Crippen molar-refractivity contribution in [1.29, 1.82) is 0 Å². The molecule has 28 heavy (non-hydrogen) atoms. The third kappa shape index (κ3) is 3.90. The molecular weight excluding hydrogens is 350 g/mol. The fourth-order valence-electron chi connectivity index (χ4n) is 4.03. The molecule has 1 aliphatic heterocycles. The van der Waals surface area contributed by atoms with Gasteiger partial charge in [-0.2, -0.15) is 0 Å². The van der Waals surface area contributed by atoms with E-state index in [0.717, 1.165) is 42.6 Å². The van der Waals surface area contributed by atoms with Crippen molar-refractivity contribution in [3.8, 4) is 5.75 Å². The molecule has 3 aromatic rings. The number of hydrogen-bond donors (Lipinski definition) is 3. The van der Waals surface area contributed by atoms with Gasteiger partial charge in [0.15, 0.2) is 0 Å². The number of benzene rings is 2. The number of para-hydroxylation sites is 1. The van der Waals surface area contributed by atoms with Crippen LogP contribution in [0.2, 0.25) is 0 Å². The second kappa shape index (κ2) is 8.48. The monoisotopic (exact) mass is 377 g/mol. The lowest BCUT2D eigenvalue weighted by atomic mass is 9.90. The summed E-state index contributed by atoms with van der Waals surface area (Å²) < 4.78 is 5.30. The summed E-state index contributed by atoms with van der Waals surface area (Å²) in [4.78, 5) is 16.0. The molecule has 1 aliphatic rings. The molecule has 2 atom stereocenters. The summed E-state index contributed by atoms with van der Waals surface area (Å²) >= 11 is 0. The molecule has 1 amide bonds. The summed E-state index contributed by atoms with van der Waals surface area (Å²) in [5, 5.41) is 7.70. The standard InChI is InChI=1S/C23H27N3O2/c1-28-17-11-9-16(10-12-17)19(14-26-23(27)22-8-4-5-13-24-22)20-15-25-21-7-3-2-6-18(20)21/h2-3,6-7,9-12,15,19,22,24-25H,4-5,8,13-14H2,1H3,(H,26,27). The van der Waals surface area contributed by atoms with Crippen LogP contribution in [-0.2, 0) is 4.79 Å². The van der Waals surface area contributed by atoms with Gasteiger partial charge in [-0.3, -0.25) is 4.79 Å². The average molecular weight is 377 g/mol. The minimum absolute atomic E-state index is 0.0644. The highest BCUT2D eigenvalue weighted by molar-refractivity contribution is 5.85. The highest BCUT2D eigenvalue weighted by atomic mass is 16.5. The Kier molecular flexibility index (Phi) is 5.63. The van der Waals surface area contributed by atoms with Crippen LogP contribution in [0.15, 0.2) is 54.7 Å². The number of carbonyl (C=O) groups is 1. The van der Waals surface area contributed by atoms with Crippen molar-refractivity contribution in [3.63, 3.8) is 0 Å². The number of fused-ring (bicyclic) bond motifs is 1. The van der Waals surface area contributed by atoms with E-state index in [-0.39, 0.29) is 17.9 Å². The van der Waals surface area contributed by atoms with E-state index in [4.69, 9.17) is 4.74 Å². The number of amides is 1. The summed E-state index contributed by atoms with van der Waals surface area (Å²) in [6.45, 7) is 1.48. The van der Waals surface area contributed by atoms with Gasteiger partial charge in [0.2, 0.25) is 5.91 Å². The molecule has 3 N–H and O–H groups in total. The number of carbonyl (C=O) groups excluding carboxylic acids is 1. The van der Waals surface area contributed by atoms with Crippen LogP contribution in [0.5, 0.6) is 5.75 Å². The molecule has 0 radical (unpaired) electrons. The Morgan fingerprint density at radius 3 is 2.75 bits per heavy atom. The largest absolute Gasteiger partial charge is 0.497 e. The molecule has 5 nitrogen and oxygen atoms in total. The van der Waals surface area contributed by atoms with Crippen molar-refractivity contribution in [1.82, 2.24) is 15.6 Å². The maximum Gasteiger partial charge on any atom is 0.237 e. The quantitative estimate of drug-likeness (QED) is 0.615. The molecule has 1 fully saturated rings. The van der Waals surface area contributed by atoms with Crippen LogP contribution >= 0.6 is 0 Å². The van der Waals surface area contributed by atoms with Crippen molar-refractivity contribution in [3.05, 3.63) is 65.9 Å². The second-order valence-corrected chi connectivity index (χ2v) is 7.36. The Morgan fingerprint density at radius 2 is 2.00 bits per heavy atom. The van der Waals surface area contributed by atoms with Crippen molar-refractivity contribution in [2.45, 2.75) is 31.2 Å². The Labute approximate surface area is 165 Å². The van der Waals surface area contributed by atoms with E-state index in [2.05, 4.69) is 52.1 Å². The van der Waals surface area contributed by atoms with Crippen LogP contribution in [0.25, 0.3) is 10.9 Å². The Hall–Kier alpha value is -2.79. The highest BCUT2D eigenvalue weighted by Gasteiger charge is 2.23. The molecule has 1 aromatic heterocycles. The minimum atomic E-state index is -0.0757. The zero-order chi connectivity index (χ0) is 19.3. The summed E-state index contributed by atoms with van der Waals surface area (Å²) in [6, 6.07) is 16.3. The lowest BCUT2D eigenvalue weighted by molar-refractivity contribution is -0.123. The average Bonchev–Trinajstić information content (AvgIpc) is 3.19. The molecule has 0 bridgehead atoms. The number of H-pyrrole nitrogens is 1. The maximum atomic E-state index is 12.7. The number of nitrogens with one attached hydrogen (secondary N) is 3. The predicted molar refractivity (Wildman–Crippen MR) is 112 cm³/mol. The van der Waals surface area contributed by atoms with E-state index in [1.54, 1.807) is 7.11 Å². The second-order valence-electron chi connectivity index (χ2n) is 7.36. The van der Waals surface area contributed by atoms with Crippen LogP contribution in [0.1, 0.15) is 36.3 Å². The first kappa shape index (κ1) is 18.6. The van der Waals surface area contributed by atoms with Crippen molar-refractivity contribution in [2.24, 2.45) is 0 Å². The molecule has 1 saturated heterocycles. The zero-order valence-corrected chi connectivity index (χ0v) is 16.2. The Morgan fingerprint density at radius 1 is 1.18 bits per heavy atom. The van der Waals surface area contributed by atoms with Crippen LogP contribution in [0.3, 0.4) is 0 Å². The number of rotatable bonds is 6. The normalized spacial score (nSPS) is 18.0. The maximum absolute atomic E-state index is 12.7. The zero-order valence-electron chi connectivity index (χ0n) is 16.2. The van der Waals surface area contributed by atoms with Gasteiger partial charge in [0.05, 0.1) is 13.2 Å². The molecule has 2 aromatic carbocycles. The number of ether oxygens (including phenoxy) is 1. The topological polar surface area (TPSA) is 66.2 Å². The summed E-state index contributed by atoms with van der Waals surface area (Å²) in [5.41, 5.74) is 3.46. The molecule has 0 spiro atoms. The van der Waals surface area contributed by atoms with E-state index in [1.807, 2.05) is 18.2 Å². The lowest BCUT2D eigenvalue weighted by Crippen LogP contribution is -2.47. The molecule has 146 valence electrons. The van der Waals surface area contributed by atoms with E-state index < -0.39 is 0 Å². The van der Waals surface area contributed by atoms with Gasteiger partial charge in [-0.05, 0) is 48.7 Å². The third-order valence-electron chi connectivity index (χ3n) is 5.62.